The zero-order valence-electron chi connectivity index (χ0n) is 21.4. The summed E-state index contributed by atoms with van der Waals surface area (Å²) in [6, 6.07) is 6.97. The maximum Gasteiger partial charge on any atom is 0.229 e. The molecular formula is C26H34O13. The van der Waals surface area contributed by atoms with Gasteiger partial charge in [-0.1, -0.05) is 24.3 Å². The second-order valence-corrected chi connectivity index (χ2v) is 9.96. The van der Waals surface area contributed by atoms with E-state index in [2.05, 4.69) is 0 Å². The first-order valence-corrected chi connectivity index (χ1v) is 12.7. The first-order valence-electron chi connectivity index (χ1n) is 12.7. The minimum absolute atomic E-state index is 0.00258. The number of hydrogen-bond donors (Lipinski definition) is 7. The second kappa shape index (κ2) is 11.4. The Morgan fingerprint density at radius 1 is 0.769 bits per heavy atom. The van der Waals surface area contributed by atoms with Gasteiger partial charge in [0.2, 0.25) is 12.6 Å². The van der Waals surface area contributed by atoms with Crippen LogP contribution in [0.3, 0.4) is 0 Å². The van der Waals surface area contributed by atoms with Crippen LogP contribution in [0.1, 0.15) is 18.1 Å². The minimum Gasteiger partial charge on any atom is -0.461 e. The van der Waals surface area contributed by atoms with Crippen LogP contribution >= 0.6 is 0 Å². The molecule has 2 fully saturated rings. The molecule has 3 heterocycles. The van der Waals surface area contributed by atoms with Gasteiger partial charge in [0.25, 0.3) is 0 Å². The molecule has 11 atom stereocenters. The summed E-state index contributed by atoms with van der Waals surface area (Å²) in [7, 11) is 1.48. The Balaban J connectivity index is 1.59. The molecule has 0 radical (unpaired) electrons. The summed E-state index contributed by atoms with van der Waals surface area (Å²) in [5.41, 5.74) is 1.09. The highest BCUT2D eigenvalue weighted by Gasteiger charge is 2.46. The van der Waals surface area contributed by atoms with Gasteiger partial charge in [-0.05, 0) is 6.92 Å². The van der Waals surface area contributed by atoms with Crippen LogP contribution < -0.4 is 9.47 Å². The van der Waals surface area contributed by atoms with Crippen LogP contribution in [0.2, 0.25) is 0 Å². The quantitative estimate of drug-likeness (QED) is 0.213. The SMILES string of the molecule is CO[C@@H]1Cc2c(c(O[C@@H]3O[C@H](C)[C@@H](O)[C@H](O)[C@H]3O)c3ccccc3c2O[C@@H]2O[C@H](CO)[C@@H](O)[C@H](O)[C@H]2O)CO1. The van der Waals surface area contributed by atoms with Crippen molar-refractivity contribution in [2.75, 3.05) is 13.7 Å². The lowest BCUT2D eigenvalue weighted by molar-refractivity contribution is -0.277. The lowest BCUT2D eigenvalue weighted by Gasteiger charge is -2.41. The van der Waals surface area contributed by atoms with E-state index in [0.717, 1.165) is 0 Å². The zero-order chi connectivity index (χ0) is 28.0. The maximum atomic E-state index is 10.6. The average molecular weight is 555 g/mol. The van der Waals surface area contributed by atoms with E-state index in [0.29, 0.717) is 21.9 Å². The van der Waals surface area contributed by atoms with Gasteiger partial charge in [-0.25, -0.2) is 0 Å². The van der Waals surface area contributed by atoms with Gasteiger partial charge >= 0.3 is 0 Å². The highest BCUT2D eigenvalue weighted by Crippen LogP contribution is 2.46. The summed E-state index contributed by atoms with van der Waals surface area (Å²) in [6.45, 7) is 0.939. The third-order valence-corrected chi connectivity index (χ3v) is 7.50. The third kappa shape index (κ3) is 5.09. The van der Waals surface area contributed by atoms with Crippen LogP contribution in [-0.2, 0) is 32.0 Å². The van der Waals surface area contributed by atoms with Crippen LogP contribution in [0, 0.1) is 0 Å². The smallest absolute Gasteiger partial charge is 0.229 e. The molecule has 0 aliphatic carbocycles. The van der Waals surface area contributed by atoms with E-state index in [4.69, 9.17) is 28.4 Å². The third-order valence-electron chi connectivity index (χ3n) is 7.50. The van der Waals surface area contributed by atoms with E-state index in [-0.39, 0.29) is 24.5 Å². The average Bonchev–Trinajstić information content (AvgIpc) is 2.95. The molecule has 13 heteroatoms. The summed E-state index contributed by atoms with van der Waals surface area (Å²) in [5, 5.41) is 72.7. The van der Waals surface area contributed by atoms with Crippen LogP contribution in [0.25, 0.3) is 10.8 Å². The molecule has 0 unspecified atom stereocenters. The summed E-state index contributed by atoms with van der Waals surface area (Å²) in [5.74, 6) is 0.563. The standard InChI is InChI=1S/C26H34O13/c1-10-17(28)19(30)21(32)25(36-10)39-24-12-6-4-3-5-11(12)23(13-7-16(34-2)35-9-14(13)24)38-26-22(33)20(31)18(29)15(8-27)37-26/h3-6,10,15-22,25-33H,7-9H2,1-2H3/t10-,15-,16+,17-,18-,19+,20+,21-,22-,25+,26+/m1/s1. The van der Waals surface area contributed by atoms with Gasteiger partial charge in [0, 0.05) is 35.4 Å². The van der Waals surface area contributed by atoms with E-state index in [1.54, 1.807) is 31.2 Å². The molecule has 0 spiro atoms. The fourth-order valence-electron chi connectivity index (χ4n) is 5.18. The van der Waals surface area contributed by atoms with Crippen molar-refractivity contribution in [1.82, 2.24) is 0 Å². The Morgan fingerprint density at radius 3 is 1.92 bits per heavy atom. The van der Waals surface area contributed by atoms with Crippen molar-refractivity contribution in [3.05, 3.63) is 35.4 Å². The lowest BCUT2D eigenvalue weighted by Crippen LogP contribution is -2.60. The van der Waals surface area contributed by atoms with Gasteiger partial charge in [0.15, 0.2) is 6.29 Å². The predicted octanol–water partition coefficient (Wildman–Crippen LogP) is -1.73. The van der Waals surface area contributed by atoms with Crippen molar-refractivity contribution in [2.45, 2.75) is 87.7 Å². The Hall–Kier alpha value is -2.14. The maximum absolute atomic E-state index is 10.6. The van der Waals surface area contributed by atoms with E-state index < -0.39 is 74.3 Å². The topological polar surface area (TPSA) is 197 Å². The molecule has 13 nitrogen and oxygen atoms in total. The molecule has 3 aliphatic heterocycles. The molecule has 0 aromatic heterocycles. The highest BCUT2D eigenvalue weighted by molar-refractivity contribution is 5.96. The van der Waals surface area contributed by atoms with Gasteiger partial charge in [-0.15, -0.1) is 0 Å². The number of aliphatic hydroxyl groups is 7. The summed E-state index contributed by atoms with van der Waals surface area (Å²) >= 11 is 0. The molecule has 2 saturated heterocycles. The predicted molar refractivity (Wildman–Crippen MR) is 131 cm³/mol. The highest BCUT2D eigenvalue weighted by atomic mass is 16.7. The van der Waals surface area contributed by atoms with Crippen LogP contribution in [0.4, 0.5) is 0 Å². The molecule has 39 heavy (non-hydrogen) atoms. The van der Waals surface area contributed by atoms with E-state index in [1.165, 1.54) is 7.11 Å². The normalized spacial score (nSPS) is 38.8. The number of hydrogen-bond acceptors (Lipinski definition) is 13. The Morgan fingerprint density at radius 2 is 1.33 bits per heavy atom. The molecule has 7 N–H and O–H groups in total. The van der Waals surface area contributed by atoms with Crippen LogP contribution in [0.15, 0.2) is 24.3 Å². The number of benzene rings is 2. The molecule has 0 saturated carbocycles. The molecular weight excluding hydrogens is 520 g/mol. The Kier molecular flexibility index (Phi) is 8.29. The molecule has 5 rings (SSSR count). The summed E-state index contributed by atoms with van der Waals surface area (Å²) < 4.78 is 34.8. The van der Waals surface area contributed by atoms with E-state index >= 15 is 0 Å². The largest absolute Gasteiger partial charge is 0.461 e. The first kappa shape index (κ1) is 28.4. The van der Waals surface area contributed by atoms with E-state index in [1.807, 2.05) is 0 Å². The van der Waals surface area contributed by atoms with Crippen molar-refractivity contribution < 1.29 is 64.2 Å². The monoisotopic (exact) mass is 554 g/mol. The number of methoxy groups -OCH3 is 1. The van der Waals surface area contributed by atoms with Gasteiger partial charge in [0.1, 0.15) is 54.2 Å². The number of ether oxygens (including phenoxy) is 6. The van der Waals surface area contributed by atoms with Crippen molar-refractivity contribution in [1.29, 1.82) is 0 Å². The van der Waals surface area contributed by atoms with Crippen LogP contribution in [0.5, 0.6) is 11.5 Å². The number of aliphatic hydroxyl groups excluding tert-OH is 7. The van der Waals surface area contributed by atoms with Gasteiger partial charge in [0.05, 0.1) is 19.3 Å². The molecule has 3 aliphatic rings. The van der Waals surface area contributed by atoms with Crippen LogP contribution in [-0.4, -0.2) is 117 Å². The molecule has 0 amide bonds. The zero-order valence-corrected chi connectivity index (χ0v) is 21.4. The lowest BCUT2D eigenvalue weighted by atomic mass is 9.93. The molecule has 0 bridgehead atoms. The Bertz CT molecular complexity index is 1160. The summed E-state index contributed by atoms with van der Waals surface area (Å²) in [6.07, 6.45) is -14.4. The molecule has 2 aromatic carbocycles. The van der Waals surface area contributed by atoms with Crippen molar-refractivity contribution >= 4 is 10.8 Å². The molecule has 2 aromatic rings. The fraction of sp³-hybridized carbons (Fsp3) is 0.615. The minimum atomic E-state index is -1.63. The van der Waals surface area contributed by atoms with Crippen molar-refractivity contribution in [3.8, 4) is 11.5 Å². The fourth-order valence-corrected chi connectivity index (χ4v) is 5.18. The van der Waals surface area contributed by atoms with Gasteiger partial charge in [-0.3, -0.25) is 0 Å². The Labute approximate surface area is 223 Å². The van der Waals surface area contributed by atoms with E-state index in [9.17, 15) is 35.7 Å². The molecule has 216 valence electrons. The first-order chi connectivity index (χ1) is 18.7. The second-order valence-electron chi connectivity index (χ2n) is 9.96. The number of rotatable bonds is 6. The van der Waals surface area contributed by atoms with Crippen molar-refractivity contribution in [2.24, 2.45) is 0 Å². The number of fused-ring (bicyclic) bond motifs is 2. The summed E-state index contributed by atoms with van der Waals surface area (Å²) in [4.78, 5) is 0. The van der Waals surface area contributed by atoms with Crippen molar-refractivity contribution in [3.63, 3.8) is 0 Å². The van der Waals surface area contributed by atoms with Gasteiger partial charge < -0.3 is 64.2 Å². The van der Waals surface area contributed by atoms with Gasteiger partial charge in [-0.2, -0.15) is 0 Å².